The second kappa shape index (κ2) is 6.65. The Balaban J connectivity index is 1.76. The number of halogens is 1. The Morgan fingerprint density at radius 3 is 2.50 bits per heavy atom. The molecule has 0 fully saturated rings. The SMILES string of the molecule is Cc1ccc(OC(C)(C)CNc2nc(Cl)nc3ccccc23)cc1. The number of nitrogens with one attached hydrogen (secondary N) is 1. The molecule has 3 rings (SSSR count). The Bertz CT molecular complexity index is 847. The summed E-state index contributed by atoms with van der Waals surface area (Å²) >= 11 is 6.02. The fourth-order valence-corrected chi connectivity index (χ4v) is 2.62. The van der Waals surface area contributed by atoms with Crippen LogP contribution in [-0.4, -0.2) is 22.1 Å². The highest BCUT2D eigenvalue weighted by molar-refractivity contribution is 6.28. The van der Waals surface area contributed by atoms with E-state index in [2.05, 4.69) is 22.2 Å². The number of ether oxygens (including phenoxy) is 1. The number of hydrogen-bond acceptors (Lipinski definition) is 4. The van der Waals surface area contributed by atoms with Crippen LogP contribution in [0.1, 0.15) is 19.4 Å². The smallest absolute Gasteiger partial charge is 0.224 e. The molecule has 0 unspecified atom stereocenters. The number of anilines is 1. The lowest BCUT2D eigenvalue weighted by molar-refractivity contribution is 0.123. The normalized spacial score (nSPS) is 11.5. The van der Waals surface area contributed by atoms with E-state index in [0.29, 0.717) is 12.4 Å². The largest absolute Gasteiger partial charge is 0.486 e. The fourth-order valence-electron chi connectivity index (χ4n) is 2.44. The summed E-state index contributed by atoms with van der Waals surface area (Å²) in [5.74, 6) is 1.56. The zero-order valence-electron chi connectivity index (χ0n) is 14.0. The molecular weight excluding hydrogens is 322 g/mol. The molecule has 1 aromatic heterocycles. The Morgan fingerprint density at radius 2 is 1.75 bits per heavy atom. The molecule has 24 heavy (non-hydrogen) atoms. The molecule has 0 aliphatic heterocycles. The summed E-state index contributed by atoms with van der Waals surface area (Å²) in [5, 5.41) is 4.51. The molecule has 0 radical (unpaired) electrons. The zero-order chi connectivity index (χ0) is 17.2. The Morgan fingerprint density at radius 1 is 1.04 bits per heavy atom. The highest BCUT2D eigenvalue weighted by atomic mass is 35.5. The highest BCUT2D eigenvalue weighted by Gasteiger charge is 2.20. The van der Waals surface area contributed by atoms with Crippen LogP contribution >= 0.6 is 11.6 Å². The monoisotopic (exact) mass is 341 g/mol. The van der Waals surface area contributed by atoms with E-state index in [1.54, 1.807) is 0 Å². The van der Waals surface area contributed by atoms with Gasteiger partial charge in [0.25, 0.3) is 0 Å². The Kier molecular flexibility index (Phi) is 4.58. The number of hydrogen-bond donors (Lipinski definition) is 1. The zero-order valence-corrected chi connectivity index (χ0v) is 14.8. The average Bonchev–Trinajstić information content (AvgIpc) is 2.54. The van der Waals surface area contributed by atoms with Gasteiger partial charge < -0.3 is 10.1 Å². The lowest BCUT2D eigenvalue weighted by Crippen LogP contribution is -2.36. The standard InChI is InChI=1S/C19H20ClN3O/c1-13-8-10-14(11-9-13)24-19(2,3)12-21-17-15-6-4-5-7-16(15)22-18(20)23-17/h4-11H,12H2,1-3H3,(H,21,22,23). The first-order chi connectivity index (χ1) is 11.4. The van der Waals surface area contributed by atoms with Gasteiger partial charge >= 0.3 is 0 Å². The molecule has 0 amide bonds. The van der Waals surface area contributed by atoms with Crippen LogP contribution in [0.4, 0.5) is 5.82 Å². The minimum atomic E-state index is -0.409. The molecule has 0 atom stereocenters. The summed E-state index contributed by atoms with van der Waals surface area (Å²) in [6, 6.07) is 15.8. The molecule has 0 bridgehead atoms. The van der Waals surface area contributed by atoms with Crippen molar-refractivity contribution in [3.8, 4) is 5.75 Å². The number of benzene rings is 2. The van der Waals surface area contributed by atoms with Crippen LogP contribution in [0, 0.1) is 6.92 Å². The quantitative estimate of drug-likeness (QED) is 0.673. The third-order valence-corrected chi connectivity index (χ3v) is 3.84. The molecule has 4 nitrogen and oxygen atoms in total. The van der Waals surface area contributed by atoms with Gasteiger partial charge in [0.15, 0.2) is 0 Å². The molecule has 0 saturated carbocycles. The maximum Gasteiger partial charge on any atom is 0.224 e. The van der Waals surface area contributed by atoms with Crippen molar-refractivity contribution in [2.75, 3.05) is 11.9 Å². The molecule has 0 aliphatic rings. The van der Waals surface area contributed by atoms with Crippen molar-refractivity contribution in [2.24, 2.45) is 0 Å². The van der Waals surface area contributed by atoms with Crippen LogP contribution in [0.3, 0.4) is 0 Å². The van der Waals surface area contributed by atoms with Gasteiger partial charge in [0.05, 0.1) is 12.1 Å². The van der Waals surface area contributed by atoms with Crippen molar-refractivity contribution in [1.29, 1.82) is 0 Å². The molecule has 0 saturated heterocycles. The van der Waals surface area contributed by atoms with Gasteiger partial charge in [-0.2, -0.15) is 0 Å². The minimum Gasteiger partial charge on any atom is -0.486 e. The predicted octanol–water partition coefficient (Wildman–Crippen LogP) is 4.86. The van der Waals surface area contributed by atoms with E-state index >= 15 is 0 Å². The van der Waals surface area contributed by atoms with Crippen LogP contribution in [0.15, 0.2) is 48.5 Å². The van der Waals surface area contributed by atoms with Gasteiger partial charge in [0.1, 0.15) is 17.2 Å². The molecule has 0 aliphatic carbocycles. The van der Waals surface area contributed by atoms with E-state index in [-0.39, 0.29) is 5.28 Å². The van der Waals surface area contributed by atoms with Crippen molar-refractivity contribution >= 4 is 28.3 Å². The third-order valence-electron chi connectivity index (χ3n) is 3.67. The summed E-state index contributed by atoms with van der Waals surface area (Å²) in [5.41, 5.74) is 1.62. The van der Waals surface area contributed by atoms with E-state index in [9.17, 15) is 0 Å². The first kappa shape index (κ1) is 16.5. The number of rotatable bonds is 5. The van der Waals surface area contributed by atoms with E-state index < -0.39 is 5.60 Å². The van der Waals surface area contributed by atoms with Crippen LogP contribution < -0.4 is 10.1 Å². The first-order valence-electron chi connectivity index (χ1n) is 7.85. The summed E-state index contributed by atoms with van der Waals surface area (Å²) in [7, 11) is 0. The van der Waals surface area contributed by atoms with E-state index in [1.807, 2.05) is 62.4 Å². The van der Waals surface area contributed by atoms with Crippen LogP contribution in [0.5, 0.6) is 5.75 Å². The number of aromatic nitrogens is 2. The highest BCUT2D eigenvalue weighted by Crippen LogP contribution is 2.24. The molecule has 124 valence electrons. The lowest BCUT2D eigenvalue weighted by Gasteiger charge is -2.27. The fraction of sp³-hybridized carbons (Fsp3) is 0.263. The number of aryl methyl sites for hydroxylation is 1. The van der Waals surface area contributed by atoms with Gasteiger partial charge in [0.2, 0.25) is 5.28 Å². The van der Waals surface area contributed by atoms with Crippen LogP contribution in [-0.2, 0) is 0 Å². The second-order valence-electron chi connectivity index (χ2n) is 6.39. The maximum absolute atomic E-state index is 6.08. The predicted molar refractivity (Wildman–Crippen MR) is 98.9 cm³/mol. The number of nitrogens with zero attached hydrogens (tertiary/aromatic N) is 2. The van der Waals surface area contributed by atoms with Gasteiger partial charge in [-0.05, 0) is 56.6 Å². The van der Waals surface area contributed by atoms with Crippen molar-refractivity contribution in [2.45, 2.75) is 26.4 Å². The van der Waals surface area contributed by atoms with E-state index in [0.717, 1.165) is 16.7 Å². The topological polar surface area (TPSA) is 47.0 Å². The summed E-state index contributed by atoms with van der Waals surface area (Å²) < 4.78 is 6.08. The summed E-state index contributed by atoms with van der Waals surface area (Å²) in [6.07, 6.45) is 0. The summed E-state index contributed by atoms with van der Waals surface area (Å²) in [4.78, 5) is 8.55. The Labute approximate surface area is 146 Å². The molecular formula is C19H20ClN3O. The van der Waals surface area contributed by atoms with Crippen molar-refractivity contribution < 1.29 is 4.74 Å². The molecule has 3 aromatic rings. The van der Waals surface area contributed by atoms with Crippen molar-refractivity contribution in [3.05, 3.63) is 59.4 Å². The maximum atomic E-state index is 6.08. The van der Waals surface area contributed by atoms with Gasteiger partial charge in [-0.1, -0.05) is 29.8 Å². The van der Waals surface area contributed by atoms with Crippen LogP contribution in [0.2, 0.25) is 5.28 Å². The number of fused-ring (bicyclic) bond motifs is 1. The second-order valence-corrected chi connectivity index (χ2v) is 6.72. The Hall–Kier alpha value is -2.33. The van der Waals surface area contributed by atoms with Crippen molar-refractivity contribution in [1.82, 2.24) is 9.97 Å². The molecule has 5 heteroatoms. The summed E-state index contributed by atoms with van der Waals surface area (Å²) in [6.45, 7) is 6.70. The number of para-hydroxylation sites is 1. The van der Waals surface area contributed by atoms with Gasteiger partial charge in [-0.3, -0.25) is 0 Å². The lowest BCUT2D eigenvalue weighted by atomic mass is 10.1. The third kappa shape index (κ3) is 3.95. The first-order valence-corrected chi connectivity index (χ1v) is 8.23. The van der Waals surface area contributed by atoms with Gasteiger partial charge in [0, 0.05) is 5.39 Å². The molecule has 0 spiro atoms. The van der Waals surface area contributed by atoms with E-state index in [1.165, 1.54) is 5.56 Å². The minimum absolute atomic E-state index is 0.230. The van der Waals surface area contributed by atoms with Crippen LogP contribution in [0.25, 0.3) is 10.9 Å². The molecule has 1 N–H and O–H groups in total. The molecule has 2 aromatic carbocycles. The van der Waals surface area contributed by atoms with Crippen molar-refractivity contribution in [3.63, 3.8) is 0 Å². The average molecular weight is 342 g/mol. The molecule has 1 heterocycles. The van der Waals surface area contributed by atoms with E-state index in [4.69, 9.17) is 16.3 Å². The van der Waals surface area contributed by atoms with Gasteiger partial charge in [-0.15, -0.1) is 0 Å². The van der Waals surface area contributed by atoms with Gasteiger partial charge in [-0.25, -0.2) is 9.97 Å².